The van der Waals surface area contributed by atoms with Gasteiger partial charge in [-0.1, -0.05) is 0 Å². The second-order valence-corrected chi connectivity index (χ2v) is 0.525. The first-order valence-corrected chi connectivity index (χ1v) is 1.43. The molecule has 0 aliphatic rings. The SMILES string of the molecule is ClOCl.OCl. The van der Waals surface area contributed by atoms with Crippen molar-refractivity contribution < 1.29 is 8.50 Å². The Morgan fingerprint density at radius 3 is 1.20 bits per heavy atom. The molecule has 0 aliphatic heterocycles. The molecular weight excluding hydrogens is 138 g/mol. The van der Waals surface area contributed by atoms with E-state index in [1.54, 1.807) is 0 Å². The normalized spacial score (nSPS) is 4.80. The molecule has 0 radical (unpaired) electrons. The van der Waals surface area contributed by atoms with Crippen LogP contribution >= 0.6 is 35.6 Å². The molecule has 1 N–H and O–H groups in total. The van der Waals surface area contributed by atoms with E-state index in [4.69, 9.17) is 4.66 Å². The Morgan fingerprint density at radius 2 is 1.20 bits per heavy atom. The van der Waals surface area contributed by atoms with Gasteiger partial charge in [-0.25, -0.2) is 0 Å². The van der Waals surface area contributed by atoms with Crippen molar-refractivity contribution in [2.24, 2.45) is 0 Å². The van der Waals surface area contributed by atoms with E-state index in [2.05, 4.69) is 39.4 Å². The highest BCUT2D eigenvalue weighted by atomic mass is 35.6. The van der Waals surface area contributed by atoms with Crippen molar-refractivity contribution in [3.05, 3.63) is 0 Å². The maximum Gasteiger partial charge on any atom is 0.0832 e. The minimum atomic E-state index is 3.19. The monoisotopic (exact) mass is 138 g/mol. The number of rotatable bonds is 0. The Hall–Kier alpha value is 0.790. The summed E-state index contributed by atoms with van der Waals surface area (Å²) in [6, 6.07) is 0. The van der Waals surface area contributed by atoms with Crippen LogP contribution in [-0.4, -0.2) is 4.66 Å². The van der Waals surface area contributed by atoms with Crippen LogP contribution in [-0.2, 0) is 3.84 Å². The van der Waals surface area contributed by atoms with Crippen LogP contribution in [0.15, 0.2) is 0 Å². The molecule has 0 aliphatic carbocycles. The second-order valence-electron chi connectivity index (χ2n) is 0.0583. The highest BCUT2D eigenvalue weighted by molar-refractivity contribution is 6.24. The van der Waals surface area contributed by atoms with E-state index in [1.807, 2.05) is 0 Å². The molecule has 5 heteroatoms. The van der Waals surface area contributed by atoms with Crippen molar-refractivity contribution in [3.63, 3.8) is 0 Å². The predicted molar refractivity (Wildman–Crippen MR) is 20.9 cm³/mol. The second kappa shape index (κ2) is 21.5. The number of halogens is 3. The summed E-state index contributed by atoms with van der Waals surface area (Å²) in [5.74, 6) is 0. The first-order chi connectivity index (χ1) is 2.41. The highest BCUT2D eigenvalue weighted by Gasteiger charge is 1.38. The van der Waals surface area contributed by atoms with E-state index < -0.39 is 0 Å². The Kier molecular flexibility index (Phi) is 39.7. The molecule has 34 valence electrons. The summed E-state index contributed by atoms with van der Waals surface area (Å²) in [6.45, 7) is 0. The summed E-state index contributed by atoms with van der Waals surface area (Å²) in [5, 5.41) is 0. The molecule has 0 rings (SSSR count). The standard InChI is InChI=1S/Cl2O.ClHO/c1-3-2;1-2/h;2H. The molecule has 0 spiro atoms. The van der Waals surface area contributed by atoms with Crippen molar-refractivity contribution in [2.45, 2.75) is 0 Å². The van der Waals surface area contributed by atoms with Crippen molar-refractivity contribution in [3.8, 4) is 0 Å². The third-order valence-electron chi connectivity index (χ3n) is 0. The van der Waals surface area contributed by atoms with Crippen molar-refractivity contribution in [1.82, 2.24) is 0 Å². The van der Waals surface area contributed by atoms with Crippen LogP contribution in [0.5, 0.6) is 0 Å². The maximum atomic E-state index is 6.47. The van der Waals surface area contributed by atoms with E-state index in [0.717, 1.165) is 0 Å². The third-order valence-corrected chi connectivity index (χ3v) is 0. The Bertz CT molecular complexity index is 4.85. The molecule has 0 fully saturated rings. The van der Waals surface area contributed by atoms with Crippen LogP contribution in [0.3, 0.4) is 0 Å². The molecule has 0 bridgehead atoms. The van der Waals surface area contributed by atoms with Crippen LogP contribution in [0.25, 0.3) is 0 Å². The third kappa shape index (κ3) is 59.7. The van der Waals surface area contributed by atoms with Crippen LogP contribution < -0.4 is 0 Å². The maximum absolute atomic E-state index is 6.47. The summed E-state index contributed by atoms with van der Waals surface area (Å²) < 4.78 is 9.67. The Morgan fingerprint density at radius 1 is 1.20 bits per heavy atom. The van der Waals surface area contributed by atoms with E-state index in [9.17, 15) is 0 Å². The van der Waals surface area contributed by atoms with Gasteiger partial charge in [0.25, 0.3) is 0 Å². The molecule has 0 aromatic carbocycles. The fraction of sp³-hybridized carbons (Fsp3) is 0. The van der Waals surface area contributed by atoms with Gasteiger partial charge in [-0.3, -0.25) is 4.66 Å². The molecule has 0 aromatic heterocycles. The zero-order chi connectivity index (χ0) is 4.71. The lowest BCUT2D eigenvalue weighted by atomic mass is 15.9. The van der Waals surface area contributed by atoms with Gasteiger partial charge in [0.2, 0.25) is 0 Å². The average molecular weight is 139 g/mol. The predicted octanol–water partition coefficient (Wildman–Crippen LogP) is 1.44. The summed E-state index contributed by atoms with van der Waals surface area (Å²) in [5.41, 5.74) is 0. The molecule has 0 saturated carbocycles. The average Bonchev–Trinajstić information content (AvgIpc) is 1.46. The first kappa shape index (κ1) is 9.25. The minimum Gasteiger partial charge on any atom is -0.295 e. The zero-order valence-electron chi connectivity index (χ0n) is 1.99. The molecule has 2 nitrogen and oxygen atoms in total. The van der Waals surface area contributed by atoms with Gasteiger partial charge in [0.15, 0.2) is 0 Å². The summed E-state index contributed by atoms with van der Waals surface area (Å²) in [7, 11) is 0. The van der Waals surface area contributed by atoms with Crippen molar-refractivity contribution in [1.29, 1.82) is 0 Å². The largest absolute Gasteiger partial charge is 0.295 e. The molecule has 0 heterocycles. The van der Waals surface area contributed by atoms with Crippen LogP contribution in [0.2, 0.25) is 0 Å². The van der Waals surface area contributed by atoms with Crippen LogP contribution in [0.4, 0.5) is 0 Å². The van der Waals surface area contributed by atoms with Crippen LogP contribution in [0, 0.1) is 0 Å². The van der Waals surface area contributed by atoms with Gasteiger partial charge >= 0.3 is 0 Å². The first-order valence-electron chi connectivity index (χ1n) is 0.478. The minimum absolute atomic E-state index is 3.19. The molecule has 0 unspecified atom stereocenters. The van der Waals surface area contributed by atoms with Gasteiger partial charge in [0.05, 0.1) is 35.6 Å². The van der Waals surface area contributed by atoms with Gasteiger partial charge in [0.1, 0.15) is 0 Å². The Labute approximate surface area is 44.7 Å². The summed E-state index contributed by atoms with van der Waals surface area (Å²) in [6.07, 6.45) is 0. The highest BCUT2D eigenvalue weighted by Crippen LogP contribution is 1.78. The molecule has 0 amide bonds. The molecule has 5 heavy (non-hydrogen) atoms. The lowest BCUT2D eigenvalue weighted by molar-refractivity contribution is 0.632. The molecule has 0 atom stereocenters. The lowest BCUT2D eigenvalue weighted by Crippen LogP contribution is -1.15. The van der Waals surface area contributed by atoms with Crippen LogP contribution in [0.1, 0.15) is 0 Å². The fourth-order valence-electron chi connectivity index (χ4n) is 0. The topological polar surface area (TPSA) is 29.5 Å². The van der Waals surface area contributed by atoms with Crippen molar-refractivity contribution in [2.75, 3.05) is 0 Å². The quantitative estimate of drug-likeness (QED) is 0.550. The van der Waals surface area contributed by atoms with Gasteiger partial charge in [0, 0.05) is 0 Å². The molecule has 0 saturated heterocycles. The smallest absolute Gasteiger partial charge is 0.0832 e. The van der Waals surface area contributed by atoms with Gasteiger partial charge in [-0.15, -0.1) is 0 Å². The van der Waals surface area contributed by atoms with E-state index >= 15 is 0 Å². The van der Waals surface area contributed by atoms with E-state index in [-0.39, 0.29) is 0 Å². The van der Waals surface area contributed by atoms with Crippen molar-refractivity contribution >= 4 is 35.6 Å². The Balaban J connectivity index is 0. The fourth-order valence-corrected chi connectivity index (χ4v) is 0. The van der Waals surface area contributed by atoms with Gasteiger partial charge < -0.3 is 0 Å². The zero-order valence-corrected chi connectivity index (χ0v) is 4.26. The molecule has 0 aromatic rings. The summed E-state index contributed by atoms with van der Waals surface area (Å²) >= 11 is 12.2. The number of hydrogen-bond acceptors (Lipinski definition) is 2. The lowest BCUT2D eigenvalue weighted by Gasteiger charge is -1.46. The van der Waals surface area contributed by atoms with E-state index in [0.29, 0.717) is 0 Å². The summed E-state index contributed by atoms with van der Waals surface area (Å²) in [4.78, 5) is 0. The molecular formula is HCl3O2. The van der Waals surface area contributed by atoms with Gasteiger partial charge in [-0.05, 0) is 0 Å². The van der Waals surface area contributed by atoms with Gasteiger partial charge in [-0.2, -0.15) is 3.84 Å². The van der Waals surface area contributed by atoms with E-state index in [1.165, 1.54) is 0 Å². The number of hydrogen-bond donors (Lipinski definition) is 1.